The fourth-order valence-electron chi connectivity index (χ4n) is 3.80. The van der Waals surface area contributed by atoms with Crippen molar-refractivity contribution in [2.45, 2.75) is 32.5 Å². The Morgan fingerprint density at radius 1 is 1.24 bits per heavy atom. The van der Waals surface area contributed by atoms with Crippen LogP contribution in [0.15, 0.2) is 24.3 Å². The molecule has 2 heterocycles. The van der Waals surface area contributed by atoms with Crippen molar-refractivity contribution in [2.75, 3.05) is 44.7 Å². The van der Waals surface area contributed by atoms with Gasteiger partial charge in [-0.15, -0.1) is 0 Å². The molecule has 2 aliphatic rings. The molecule has 0 radical (unpaired) electrons. The molecular weight excluding hydrogens is 318 g/mol. The first-order chi connectivity index (χ1) is 12.1. The lowest BCUT2D eigenvalue weighted by molar-refractivity contribution is -0.0545. The van der Waals surface area contributed by atoms with Crippen molar-refractivity contribution in [2.24, 2.45) is 5.92 Å². The molecule has 3 atom stereocenters. The van der Waals surface area contributed by atoms with Gasteiger partial charge in [-0.3, -0.25) is 0 Å². The lowest BCUT2D eigenvalue weighted by atomic mass is 10.1. The summed E-state index contributed by atoms with van der Waals surface area (Å²) in [5.74, 6) is 1.37. The van der Waals surface area contributed by atoms with Crippen LogP contribution >= 0.6 is 0 Å². The van der Waals surface area contributed by atoms with Crippen LogP contribution in [0.25, 0.3) is 0 Å². The maximum atomic E-state index is 12.4. The summed E-state index contributed by atoms with van der Waals surface area (Å²) in [6.07, 6.45) is 1.28. The molecule has 0 bridgehead atoms. The van der Waals surface area contributed by atoms with Gasteiger partial charge < -0.3 is 24.6 Å². The summed E-state index contributed by atoms with van der Waals surface area (Å²) in [7, 11) is 1.71. The molecule has 138 valence electrons. The number of ether oxygens (including phenoxy) is 2. The van der Waals surface area contributed by atoms with E-state index in [2.05, 4.69) is 16.3 Å². The van der Waals surface area contributed by atoms with Crippen LogP contribution in [0, 0.1) is 5.92 Å². The molecule has 3 rings (SSSR count). The van der Waals surface area contributed by atoms with Crippen molar-refractivity contribution in [3.05, 3.63) is 24.3 Å². The second-order valence-electron chi connectivity index (χ2n) is 7.12. The van der Waals surface area contributed by atoms with Crippen LogP contribution in [0.2, 0.25) is 0 Å². The van der Waals surface area contributed by atoms with Crippen molar-refractivity contribution < 1.29 is 14.3 Å². The summed E-state index contributed by atoms with van der Waals surface area (Å²) in [5.41, 5.74) is 1.13. The Morgan fingerprint density at radius 3 is 2.68 bits per heavy atom. The van der Waals surface area contributed by atoms with Crippen LogP contribution in [0.1, 0.15) is 20.3 Å². The number of para-hydroxylation sites is 2. The van der Waals surface area contributed by atoms with Crippen LogP contribution in [0.5, 0.6) is 5.75 Å². The second-order valence-corrected chi connectivity index (χ2v) is 7.12. The third-order valence-corrected chi connectivity index (χ3v) is 4.96. The Morgan fingerprint density at radius 2 is 1.96 bits per heavy atom. The molecule has 2 aliphatic heterocycles. The minimum absolute atomic E-state index is 0.0257. The van der Waals surface area contributed by atoms with E-state index < -0.39 is 0 Å². The van der Waals surface area contributed by atoms with Gasteiger partial charge in [0.15, 0.2) is 0 Å². The highest BCUT2D eigenvalue weighted by atomic mass is 16.5. The molecule has 2 amide bonds. The molecule has 2 saturated heterocycles. The summed E-state index contributed by atoms with van der Waals surface area (Å²) >= 11 is 0. The molecule has 6 nitrogen and oxygen atoms in total. The number of nitrogens with one attached hydrogen (secondary N) is 1. The minimum atomic E-state index is 0.0257. The number of benzene rings is 1. The predicted molar refractivity (Wildman–Crippen MR) is 98.3 cm³/mol. The Hall–Kier alpha value is -1.95. The average molecular weight is 347 g/mol. The average Bonchev–Trinajstić information content (AvgIpc) is 3.07. The number of carbonyl (C=O) groups is 1. The van der Waals surface area contributed by atoms with E-state index in [4.69, 9.17) is 9.47 Å². The first-order valence-corrected chi connectivity index (χ1v) is 9.13. The second kappa shape index (κ2) is 7.95. The maximum absolute atomic E-state index is 12.4. The van der Waals surface area contributed by atoms with Gasteiger partial charge in [-0.05, 0) is 38.3 Å². The third kappa shape index (κ3) is 4.37. The van der Waals surface area contributed by atoms with E-state index in [9.17, 15) is 4.79 Å². The summed E-state index contributed by atoms with van der Waals surface area (Å²) in [6.45, 7) is 7.99. The van der Waals surface area contributed by atoms with E-state index in [0.717, 1.165) is 30.9 Å². The number of hydrogen-bond acceptors (Lipinski definition) is 4. The van der Waals surface area contributed by atoms with Gasteiger partial charge in [-0.25, -0.2) is 4.79 Å². The predicted octanol–water partition coefficient (Wildman–Crippen LogP) is 2.34. The monoisotopic (exact) mass is 347 g/mol. The molecule has 0 aromatic heterocycles. The maximum Gasteiger partial charge on any atom is 0.317 e. The van der Waals surface area contributed by atoms with Gasteiger partial charge in [0.2, 0.25) is 0 Å². The van der Waals surface area contributed by atoms with Crippen LogP contribution < -0.4 is 15.0 Å². The van der Waals surface area contributed by atoms with E-state index in [1.807, 2.05) is 36.9 Å². The number of methoxy groups -OCH3 is 1. The van der Waals surface area contributed by atoms with Gasteiger partial charge in [-0.2, -0.15) is 0 Å². The van der Waals surface area contributed by atoms with Gasteiger partial charge >= 0.3 is 6.03 Å². The van der Waals surface area contributed by atoms with Crippen molar-refractivity contribution in [3.63, 3.8) is 0 Å². The lowest BCUT2D eigenvalue weighted by Crippen LogP contribution is -2.52. The minimum Gasteiger partial charge on any atom is -0.495 e. The fourth-order valence-corrected chi connectivity index (χ4v) is 3.80. The number of carbonyl (C=O) groups excluding carboxylic acids is 1. The number of urea groups is 1. The van der Waals surface area contributed by atoms with E-state index in [-0.39, 0.29) is 18.2 Å². The Labute approximate surface area is 150 Å². The zero-order chi connectivity index (χ0) is 17.8. The molecule has 25 heavy (non-hydrogen) atoms. The molecule has 0 saturated carbocycles. The SMILES string of the molecule is COc1ccccc1N1CC[C@H](CNC(=O)N2C[C@@H](C)O[C@H](C)C2)C1. The molecule has 0 spiro atoms. The lowest BCUT2D eigenvalue weighted by Gasteiger charge is -2.35. The highest BCUT2D eigenvalue weighted by Gasteiger charge is 2.28. The van der Waals surface area contributed by atoms with Crippen molar-refractivity contribution >= 4 is 11.7 Å². The quantitative estimate of drug-likeness (QED) is 0.908. The number of hydrogen-bond donors (Lipinski definition) is 1. The highest BCUT2D eigenvalue weighted by Crippen LogP contribution is 2.31. The number of amides is 2. The molecular formula is C19H29N3O3. The largest absolute Gasteiger partial charge is 0.495 e. The van der Waals surface area contributed by atoms with Crippen LogP contribution in [-0.2, 0) is 4.74 Å². The number of rotatable bonds is 4. The number of morpholine rings is 1. The van der Waals surface area contributed by atoms with E-state index in [0.29, 0.717) is 25.6 Å². The molecule has 6 heteroatoms. The third-order valence-electron chi connectivity index (χ3n) is 4.96. The standard InChI is InChI=1S/C19H29N3O3/c1-14-11-22(12-15(2)25-14)19(23)20-10-16-8-9-21(13-16)17-6-4-5-7-18(17)24-3/h4-7,14-16H,8-13H2,1-3H3,(H,20,23)/t14-,15-,16-/m1/s1. The number of anilines is 1. The normalized spacial score (nSPS) is 26.6. The molecule has 0 unspecified atom stereocenters. The van der Waals surface area contributed by atoms with Crippen LogP contribution in [0.3, 0.4) is 0 Å². The van der Waals surface area contributed by atoms with Crippen molar-refractivity contribution in [1.29, 1.82) is 0 Å². The first kappa shape index (κ1) is 17.9. The molecule has 1 aromatic carbocycles. The highest BCUT2D eigenvalue weighted by molar-refractivity contribution is 5.74. The van der Waals surface area contributed by atoms with Gasteiger partial charge in [0.1, 0.15) is 5.75 Å². The van der Waals surface area contributed by atoms with Crippen LogP contribution in [-0.4, -0.2) is 63.0 Å². The van der Waals surface area contributed by atoms with Gasteiger partial charge in [-0.1, -0.05) is 12.1 Å². The van der Waals surface area contributed by atoms with E-state index in [1.54, 1.807) is 7.11 Å². The zero-order valence-electron chi connectivity index (χ0n) is 15.4. The smallest absolute Gasteiger partial charge is 0.317 e. The fraction of sp³-hybridized carbons (Fsp3) is 0.632. The molecule has 1 aromatic rings. The van der Waals surface area contributed by atoms with E-state index >= 15 is 0 Å². The topological polar surface area (TPSA) is 54.0 Å². The van der Waals surface area contributed by atoms with Crippen molar-refractivity contribution in [1.82, 2.24) is 10.2 Å². The molecule has 2 fully saturated rings. The molecule has 1 N–H and O–H groups in total. The summed E-state index contributed by atoms with van der Waals surface area (Å²) < 4.78 is 11.1. The first-order valence-electron chi connectivity index (χ1n) is 9.13. The van der Waals surface area contributed by atoms with Crippen LogP contribution in [0.4, 0.5) is 10.5 Å². The summed E-state index contributed by atoms with van der Waals surface area (Å²) in [6, 6.07) is 8.13. The Kier molecular flexibility index (Phi) is 5.68. The zero-order valence-corrected chi connectivity index (χ0v) is 15.4. The Bertz CT molecular complexity index is 585. The van der Waals surface area contributed by atoms with Gasteiger partial charge in [0, 0.05) is 32.7 Å². The summed E-state index contributed by atoms with van der Waals surface area (Å²) in [4.78, 5) is 16.6. The number of nitrogens with zero attached hydrogens (tertiary/aromatic N) is 2. The van der Waals surface area contributed by atoms with Gasteiger partial charge in [0.25, 0.3) is 0 Å². The summed E-state index contributed by atoms with van der Waals surface area (Å²) in [5, 5.41) is 3.11. The van der Waals surface area contributed by atoms with Crippen molar-refractivity contribution in [3.8, 4) is 5.75 Å². The Balaban J connectivity index is 1.49. The van der Waals surface area contributed by atoms with E-state index in [1.165, 1.54) is 0 Å². The van der Waals surface area contributed by atoms with Gasteiger partial charge in [0.05, 0.1) is 25.0 Å². The molecule has 0 aliphatic carbocycles.